The molecule has 0 bridgehead atoms. The van der Waals surface area contributed by atoms with Crippen molar-refractivity contribution in [3.05, 3.63) is 0 Å². The Balaban J connectivity index is 3.28. The fraction of sp³-hybridized carbons (Fsp3) is 0.929. The highest BCUT2D eigenvalue weighted by Gasteiger charge is 2.08. The molecule has 3 heteroatoms. The fourth-order valence-electron chi connectivity index (χ4n) is 1.63. The largest absolute Gasteiger partial charge is 0.385 e. The van der Waals surface area contributed by atoms with Crippen molar-refractivity contribution in [3.63, 3.8) is 0 Å². The molecule has 1 N–H and O–H groups in total. The predicted octanol–water partition coefficient (Wildman–Crippen LogP) is 3.14. The van der Waals surface area contributed by atoms with Crippen LogP contribution in [-0.4, -0.2) is 26.2 Å². The van der Waals surface area contributed by atoms with Gasteiger partial charge in [-0.25, -0.2) is 0 Å². The summed E-state index contributed by atoms with van der Waals surface area (Å²) in [6.45, 7) is 8.32. The number of nitrogens with one attached hydrogen (secondary N) is 1. The van der Waals surface area contributed by atoms with Crippen LogP contribution in [0.15, 0.2) is 0 Å². The van der Waals surface area contributed by atoms with Crippen molar-refractivity contribution in [2.75, 3.05) is 20.3 Å². The van der Waals surface area contributed by atoms with Gasteiger partial charge in [-0.05, 0) is 31.1 Å². The summed E-state index contributed by atoms with van der Waals surface area (Å²) in [7, 11) is 1.69. The Morgan fingerprint density at radius 2 is 1.82 bits per heavy atom. The van der Waals surface area contributed by atoms with Gasteiger partial charge in [0.15, 0.2) is 0 Å². The third kappa shape index (κ3) is 13.4. The van der Waals surface area contributed by atoms with E-state index in [1.807, 2.05) is 0 Å². The van der Waals surface area contributed by atoms with Gasteiger partial charge in [-0.1, -0.05) is 27.2 Å². The van der Waals surface area contributed by atoms with Gasteiger partial charge in [-0.2, -0.15) is 0 Å². The second-order valence-electron chi connectivity index (χ2n) is 5.82. The van der Waals surface area contributed by atoms with Crippen molar-refractivity contribution in [2.24, 2.45) is 5.41 Å². The van der Waals surface area contributed by atoms with Crippen LogP contribution in [0.25, 0.3) is 0 Å². The molecule has 3 nitrogen and oxygen atoms in total. The highest BCUT2D eigenvalue weighted by Crippen LogP contribution is 2.21. The lowest BCUT2D eigenvalue weighted by Crippen LogP contribution is -2.24. The van der Waals surface area contributed by atoms with Crippen molar-refractivity contribution < 1.29 is 9.53 Å². The first-order chi connectivity index (χ1) is 7.95. The Labute approximate surface area is 106 Å². The third-order valence-electron chi connectivity index (χ3n) is 2.68. The average Bonchev–Trinajstić information content (AvgIpc) is 2.22. The first-order valence-corrected chi connectivity index (χ1v) is 6.71. The number of ether oxygens (including phenoxy) is 1. The maximum Gasteiger partial charge on any atom is 0.219 e. The average molecular weight is 243 g/mol. The second-order valence-corrected chi connectivity index (χ2v) is 5.82. The molecule has 0 saturated carbocycles. The summed E-state index contributed by atoms with van der Waals surface area (Å²) in [5.41, 5.74) is 0.407. The molecule has 0 spiro atoms. The molecular weight excluding hydrogens is 214 g/mol. The van der Waals surface area contributed by atoms with Gasteiger partial charge in [0.1, 0.15) is 0 Å². The molecule has 0 aliphatic rings. The molecule has 0 aliphatic carbocycles. The molecule has 0 heterocycles. The zero-order valence-electron chi connectivity index (χ0n) is 12.0. The molecule has 17 heavy (non-hydrogen) atoms. The quantitative estimate of drug-likeness (QED) is 0.632. The number of methoxy groups -OCH3 is 1. The van der Waals surface area contributed by atoms with Crippen LogP contribution in [0, 0.1) is 5.41 Å². The van der Waals surface area contributed by atoms with Crippen molar-refractivity contribution >= 4 is 5.91 Å². The van der Waals surface area contributed by atoms with Crippen molar-refractivity contribution in [1.29, 1.82) is 0 Å². The van der Waals surface area contributed by atoms with Crippen LogP contribution < -0.4 is 5.32 Å². The van der Waals surface area contributed by atoms with Gasteiger partial charge in [-0.3, -0.25) is 4.79 Å². The first kappa shape index (κ1) is 16.4. The Kier molecular flexibility index (Phi) is 9.14. The number of hydrogen-bond acceptors (Lipinski definition) is 2. The van der Waals surface area contributed by atoms with E-state index in [0.717, 1.165) is 32.4 Å². The summed E-state index contributed by atoms with van der Waals surface area (Å²) < 4.78 is 4.94. The van der Waals surface area contributed by atoms with Gasteiger partial charge < -0.3 is 10.1 Å². The summed E-state index contributed by atoms with van der Waals surface area (Å²) in [5, 5.41) is 2.97. The molecule has 0 saturated heterocycles. The van der Waals surface area contributed by atoms with E-state index in [9.17, 15) is 4.79 Å². The van der Waals surface area contributed by atoms with Gasteiger partial charge in [-0.15, -0.1) is 0 Å². The van der Waals surface area contributed by atoms with Crippen LogP contribution in [-0.2, 0) is 9.53 Å². The number of hydrogen-bond donors (Lipinski definition) is 1. The monoisotopic (exact) mass is 243 g/mol. The number of unbranched alkanes of at least 4 members (excludes halogenated alkanes) is 2. The molecule has 0 radical (unpaired) electrons. The van der Waals surface area contributed by atoms with E-state index in [1.54, 1.807) is 7.11 Å². The highest BCUT2D eigenvalue weighted by atomic mass is 16.5. The van der Waals surface area contributed by atoms with Crippen LogP contribution in [0.5, 0.6) is 0 Å². The molecule has 0 aliphatic heterocycles. The summed E-state index contributed by atoms with van der Waals surface area (Å²) in [5.74, 6) is 0.178. The molecule has 0 fully saturated rings. The van der Waals surface area contributed by atoms with Crippen LogP contribution in [0.1, 0.15) is 59.3 Å². The van der Waals surface area contributed by atoms with E-state index >= 15 is 0 Å². The summed E-state index contributed by atoms with van der Waals surface area (Å²) in [6.07, 6.45) is 6.00. The molecule has 0 atom stereocenters. The normalized spacial score (nSPS) is 11.5. The maximum atomic E-state index is 11.4. The molecule has 0 aromatic rings. The fourth-order valence-corrected chi connectivity index (χ4v) is 1.63. The summed E-state index contributed by atoms with van der Waals surface area (Å²) in [6, 6.07) is 0. The lowest BCUT2D eigenvalue weighted by molar-refractivity contribution is -0.121. The van der Waals surface area contributed by atoms with Crippen LogP contribution in [0.2, 0.25) is 0 Å². The van der Waals surface area contributed by atoms with E-state index < -0.39 is 0 Å². The SMILES string of the molecule is COCCCCC(=O)NCCCCC(C)(C)C. The molecular formula is C14H29NO2. The van der Waals surface area contributed by atoms with Gasteiger partial charge in [0.25, 0.3) is 0 Å². The summed E-state index contributed by atoms with van der Waals surface area (Å²) in [4.78, 5) is 11.4. The molecule has 102 valence electrons. The highest BCUT2D eigenvalue weighted by molar-refractivity contribution is 5.75. The molecule has 1 amide bonds. The van der Waals surface area contributed by atoms with Gasteiger partial charge in [0, 0.05) is 26.7 Å². The topological polar surface area (TPSA) is 38.3 Å². The van der Waals surface area contributed by atoms with E-state index in [-0.39, 0.29) is 5.91 Å². The molecule has 0 rings (SSSR count). The third-order valence-corrected chi connectivity index (χ3v) is 2.68. The van der Waals surface area contributed by atoms with Gasteiger partial charge in [0.2, 0.25) is 5.91 Å². The Morgan fingerprint density at radius 1 is 1.12 bits per heavy atom. The van der Waals surface area contributed by atoms with Crippen LogP contribution in [0.3, 0.4) is 0 Å². The van der Waals surface area contributed by atoms with E-state index in [1.165, 1.54) is 12.8 Å². The zero-order valence-corrected chi connectivity index (χ0v) is 12.0. The van der Waals surface area contributed by atoms with E-state index in [0.29, 0.717) is 11.8 Å². The van der Waals surface area contributed by atoms with E-state index in [2.05, 4.69) is 26.1 Å². The lowest BCUT2D eigenvalue weighted by Gasteiger charge is -2.17. The van der Waals surface area contributed by atoms with Crippen molar-refractivity contribution in [2.45, 2.75) is 59.3 Å². The molecule has 0 aromatic heterocycles. The first-order valence-electron chi connectivity index (χ1n) is 6.71. The minimum absolute atomic E-state index is 0.178. The van der Waals surface area contributed by atoms with Crippen molar-refractivity contribution in [3.8, 4) is 0 Å². The maximum absolute atomic E-state index is 11.4. The standard InChI is InChI=1S/C14H29NO2/c1-14(2,3)10-6-7-11-15-13(16)9-5-8-12-17-4/h5-12H2,1-4H3,(H,15,16). The minimum Gasteiger partial charge on any atom is -0.385 e. The predicted molar refractivity (Wildman–Crippen MR) is 72.0 cm³/mol. The number of carbonyl (C=O) groups excluding carboxylic acids is 1. The Bertz CT molecular complexity index is 197. The van der Waals surface area contributed by atoms with Gasteiger partial charge >= 0.3 is 0 Å². The van der Waals surface area contributed by atoms with Crippen LogP contribution >= 0.6 is 0 Å². The second kappa shape index (κ2) is 9.46. The smallest absolute Gasteiger partial charge is 0.219 e. The van der Waals surface area contributed by atoms with Crippen molar-refractivity contribution in [1.82, 2.24) is 5.32 Å². The summed E-state index contributed by atoms with van der Waals surface area (Å²) >= 11 is 0. The van der Waals surface area contributed by atoms with Gasteiger partial charge in [0.05, 0.1) is 0 Å². The number of amides is 1. The minimum atomic E-state index is 0.178. The molecule has 0 unspecified atom stereocenters. The zero-order chi connectivity index (χ0) is 13.1. The lowest BCUT2D eigenvalue weighted by atomic mass is 9.90. The molecule has 0 aromatic carbocycles. The Morgan fingerprint density at radius 3 is 2.41 bits per heavy atom. The number of carbonyl (C=O) groups is 1. The Hall–Kier alpha value is -0.570. The van der Waals surface area contributed by atoms with E-state index in [4.69, 9.17) is 4.74 Å². The number of rotatable bonds is 9. The van der Waals surface area contributed by atoms with Crippen LogP contribution in [0.4, 0.5) is 0 Å².